The van der Waals surface area contributed by atoms with Crippen LogP contribution in [0.5, 0.6) is 0 Å². The van der Waals surface area contributed by atoms with Gasteiger partial charge >= 0.3 is 0 Å². The van der Waals surface area contributed by atoms with E-state index in [1.807, 2.05) is 0 Å². The van der Waals surface area contributed by atoms with Crippen molar-refractivity contribution in [1.29, 1.82) is 0 Å². The Morgan fingerprint density at radius 1 is 1.35 bits per heavy atom. The van der Waals surface area contributed by atoms with Crippen LogP contribution in [0.2, 0.25) is 0 Å². The average molecular weight is 282 g/mol. The number of nitrogens with zero attached hydrogens (tertiary/aromatic N) is 1. The second kappa shape index (κ2) is 6.44. The second-order valence-electron chi connectivity index (χ2n) is 6.58. The van der Waals surface area contributed by atoms with Crippen LogP contribution in [0.25, 0.3) is 0 Å². The number of likely N-dealkylation sites (tertiary alicyclic amines) is 1. The molecular formula is C16H30N2O2. The van der Waals surface area contributed by atoms with Crippen molar-refractivity contribution >= 4 is 5.91 Å². The topological polar surface area (TPSA) is 41.6 Å². The molecule has 0 bridgehead atoms. The minimum absolute atomic E-state index is 0.00718. The third-order valence-corrected chi connectivity index (χ3v) is 4.97. The minimum atomic E-state index is -0.00718. The van der Waals surface area contributed by atoms with Crippen molar-refractivity contribution in [2.75, 3.05) is 13.2 Å². The van der Waals surface area contributed by atoms with E-state index in [0.717, 1.165) is 45.3 Å². The number of hydrogen-bond donors (Lipinski definition) is 1. The Labute approximate surface area is 123 Å². The maximum Gasteiger partial charge on any atom is 0.240 e. The van der Waals surface area contributed by atoms with Crippen molar-refractivity contribution < 1.29 is 9.53 Å². The lowest BCUT2D eigenvalue weighted by Gasteiger charge is -2.43. The molecule has 0 radical (unpaired) electrons. The van der Waals surface area contributed by atoms with E-state index in [4.69, 9.17) is 4.74 Å². The monoisotopic (exact) mass is 282 g/mol. The summed E-state index contributed by atoms with van der Waals surface area (Å²) in [6, 6.07) is 0.759. The SMILES string of the molecule is CCC1(CC)CC(N2CCC(NC(C)C)C2=O)CCO1. The Morgan fingerprint density at radius 2 is 2.05 bits per heavy atom. The second-order valence-corrected chi connectivity index (χ2v) is 6.58. The Balaban J connectivity index is 2.00. The van der Waals surface area contributed by atoms with Crippen LogP contribution in [0.1, 0.15) is 59.8 Å². The number of rotatable bonds is 5. The van der Waals surface area contributed by atoms with Crippen LogP contribution in [-0.2, 0) is 9.53 Å². The molecule has 0 aromatic rings. The van der Waals surface area contributed by atoms with Crippen LogP contribution in [0.4, 0.5) is 0 Å². The fraction of sp³-hybridized carbons (Fsp3) is 0.938. The van der Waals surface area contributed by atoms with E-state index < -0.39 is 0 Å². The van der Waals surface area contributed by atoms with E-state index in [9.17, 15) is 4.79 Å². The Kier molecular flexibility index (Phi) is 5.08. The van der Waals surface area contributed by atoms with Crippen molar-refractivity contribution in [2.24, 2.45) is 0 Å². The molecule has 0 saturated carbocycles. The molecule has 4 nitrogen and oxygen atoms in total. The molecule has 0 aliphatic carbocycles. The highest BCUT2D eigenvalue weighted by atomic mass is 16.5. The van der Waals surface area contributed by atoms with E-state index in [-0.39, 0.29) is 11.6 Å². The molecule has 2 saturated heterocycles. The van der Waals surface area contributed by atoms with E-state index in [1.54, 1.807) is 0 Å². The maximum absolute atomic E-state index is 12.6. The molecule has 0 aromatic heterocycles. The number of carbonyl (C=O) groups excluding carboxylic acids is 1. The molecule has 2 atom stereocenters. The first kappa shape index (κ1) is 15.8. The summed E-state index contributed by atoms with van der Waals surface area (Å²) in [4.78, 5) is 14.7. The van der Waals surface area contributed by atoms with Crippen LogP contribution in [0.15, 0.2) is 0 Å². The Morgan fingerprint density at radius 3 is 2.65 bits per heavy atom. The van der Waals surface area contributed by atoms with E-state index >= 15 is 0 Å². The number of hydrogen-bond acceptors (Lipinski definition) is 3. The fourth-order valence-electron chi connectivity index (χ4n) is 3.63. The smallest absolute Gasteiger partial charge is 0.240 e. The third-order valence-electron chi connectivity index (χ3n) is 4.97. The summed E-state index contributed by atoms with van der Waals surface area (Å²) in [5.74, 6) is 0.298. The largest absolute Gasteiger partial charge is 0.375 e. The molecule has 2 unspecified atom stereocenters. The van der Waals surface area contributed by atoms with Crippen LogP contribution < -0.4 is 5.32 Å². The van der Waals surface area contributed by atoms with Gasteiger partial charge in [-0.1, -0.05) is 27.7 Å². The lowest BCUT2D eigenvalue weighted by atomic mass is 9.85. The zero-order valence-corrected chi connectivity index (χ0v) is 13.4. The van der Waals surface area contributed by atoms with Crippen molar-refractivity contribution in [2.45, 2.75) is 83.5 Å². The van der Waals surface area contributed by atoms with Crippen LogP contribution in [0.3, 0.4) is 0 Å². The van der Waals surface area contributed by atoms with Crippen LogP contribution >= 0.6 is 0 Å². The molecule has 2 aliphatic heterocycles. The van der Waals surface area contributed by atoms with Gasteiger partial charge in [-0.3, -0.25) is 4.79 Å². The predicted octanol–water partition coefficient (Wildman–Crippen LogP) is 2.32. The minimum Gasteiger partial charge on any atom is -0.375 e. The van der Waals surface area contributed by atoms with Crippen molar-refractivity contribution in [3.05, 3.63) is 0 Å². The fourth-order valence-corrected chi connectivity index (χ4v) is 3.63. The summed E-state index contributed by atoms with van der Waals surface area (Å²) in [5.41, 5.74) is -0.00718. The first-order chi connectivity index (χ1) is 9.51. The first-order valence-corrected chi connectivity index (χ1v) is 8.22. The molecule has 1 N–H and O–H groups in total. The molecule has 20 heavy (non-hydrogen) atoms. The molecule has 1 amide bonds. The third kappa shape index (κ3) is 3.17. The number of nitrogens with one attached hydrogen (secondary N) is 1. The summed E-state index contributed by atoms with van der Waals surface area (Å²) < 4.78 is 6.03. The Hall–Kier alpha value is -0.610. The van der Waals surface area contributed by atoms with Crippen molar-refractivity contribution in [3.8, 4) is 0 Å². The van der Waals surface area contributed by atoms with Gasteiger partial charge in [0.15, 0.2) is 0 Å². The standard InChI is InChI=1S/C16H30N2O2/c1-5-16(6-2)11-13(8-10-20-16)18-9-7-14(15(18)19)17-12(3)4/h12-14,17H,5-11H2,1-4H3. The number of ether oxygens (including phenoxy) is 1. The predicted molar refractivity (Wildman–Crippen MR) is 80.7 cm³/mol. The zero-order chi connectivity index (χ0) is 14.8. The van der Waals surface area contributed by atoms with Gasteiger partial charge in [0.25, 0.3) is 0 Å². The number of amides is 1. The highest BCUT2D eigenvalue weighted by Gasteiger charge is 2.42. The highest BCUT2D eigenvalue weighted by molar-refractivity contribution is 5.84. The summed E-state index contributed by atoms with van der Waals surface area (Å²) in [5, 5.41) is 3.39. The molecule has 0 aromatic carbocycles. The summed E-state index contributed by atoms with van der Waals surface area (Å²) in [6.45, 7) is 10.3. The van der Waals surface area contributed by atoms with Gasteiger partial charge in [0.1, 0.15) is 0 Å². The molecular weight excluding hydrogens is 252 g/mol. The van der Waals surface area contributed by atoms with Gasteiger partial charge in [-0.25, -0.2) is 0 Å². The van der Waals surface area contributed by atoms with Gasteiger partial charge < -0.3 is 15.0 Å². The van der Waals surface area contributed by atoms with Gasteiger partial charge in [-0.15, -0.1) is 0 Å². The summed E-state index contributed by atoms with van der Waals surface area (Å²) >= 11 is 0. The van der Waals surface area contributed by atoms with Gasteiger partial charge in [0.05, 0.1) is 11.6 Å². The van der Waals surface area contributed by atoms with E-state index in [1.165, 1.54) is 0 Å². The van der Waals surface area contributed by atoms with Crippen LogP contribution in [-0.4, -0.2) is 47.7 Å². The number of carbonyl (C=O) groups is 1. The maximum atomic E-state index is 12.6. The highest BCUT2D eigenvalue weighted by Crippen LogP contribution is 2.35. The van der Waals surface area contributed by atoms with E-state index in [2.05, 4.69) is 37.9 Å². The first-order valence-electron chi connectivity index (χ1n) is 8.22. The lowest BCUT2D eigenvalue weighted by molar-refractivity contribution is -0.141. The molecule has 2 rings (SSSR count). The lowest BCUT2D eigenvalue weighted by Crippen LogP contribution is -2.51. The molecule has 2 heterocycles. The Bertz CT molecular complexity index is 339. The molecule has 4 heteroatoms. The van der Waals surface area contributed by atoms with E-state index in [0.29, 0.717) is 18.0 Å². The quantitative estimate of drug-likeness (QED) is 0.841. The summed E-state index contributed by atoms with van der Waals surface area (Å²) in [6.07, 6.45) is 5.01. The average Bonchev–Trinajstić information content (AvgIpc) is 2.79. The molecule has 2 fully saturated rings. The van der Waals surface area contributed by atoms with Gasteiger partial charge in [0, 0.05) is 25.2 Å². The van der Waals surface area contributed by atoms with Crippen molar-refractivity contribution in [1.82, 2.24) is 10.2 Å². The zero-order valence-electron chi connectivity index (χ0n) is 13.4. The molecule has 116 valence electrons. The molecule has 0 spiro atoms. The summed E-state index contributed by atoms with van der Waals surface area (Å²) in [7, 11) is 0. The normalized spacial score (nSPS) is 30.2. The van der Waals surface area contributed by atoms with Crippen LogP contribution in [0, 0.1) is 0 Å². The van der Waals surface area contributed by atoms with Gasteiger partial charge in [0.2, 0.25) is 5.91 Å². The van der Waals surface area contributed by atoms with Gasteiger partial charge in [-0.2, -0.15) is 0 Å². The van der Waals surface area contributed by atoms with Crippen molar-refractivity contribution in [3.63, 3.8) is 0 Å². The molecule has 2 aliphatic rings. The van der Waals surface area contributed by atoms with Gasteiger partial charge in [-0.05, 0) is 32.1 Å².